The van der Waals surface area contributed by atoms with Crippen LogP contribution >= 0.6 is 0 Å². The van der Waals surface area contributed by atoms with Gasteiger partial charge in [0.25, 0.3) is 0 Å². The molecule has 0 spiro atoms. The summed E-state index contributed by atoms with van der Waals surface area (Å²) in [5.74, 6) is 8.28. The van der Waals surface area contributed by atoms with Gasteiger partial charge in [0.2, 0.25) is 0 Å². The molecule has 0 atom stereocenters. The second-order valence-corrected chi connectivity index (χ2v) is 34.0. The fourth-order valence-corrected chi connectivity index (χ4v) is 16.2. The number of ether oxygens (including phenoxy) is 12. The van der Waals surface area contributed by atoms with Crippen LogP contribution in [0, 0.1) is 0 Å². The number of hydrogen-bond donors (Lipinski definition) is 0. The van der Waals surface area contributed by atoms with Crippen LogP contribution in [0.2, 0.25) is 0 Å². The number of azo groups is 6. The van der Waals surface area contributed by atoms with Crippen LogP contribution in [0.1, 0.15) is 113 Å². The van der Waals surface area contributed by atoms with E-state index in [0.29, 0.717) is 152 Å². The summed E-state index contributed by atoms with van der Waals surface area (Å²) in [5.41, 5.74) is 15.7. The van der Waals surface area contributed by atoms with Crippen molar-refractivity contribution < 1.29 is 56.8 Å². The molecular weight excluding hydrogens is 1800 g/mol. The molecule has 0 aliphatic carbocycles. The predicted molar refractivity (Wildman–Crippen MR) is 571 cm³/mol. The molecule has 0 heterocycles. The lowest BCUT2D eigenvalue weighted by Gasteiger charge is -2.21. The van der Waals surface area contributed by atoms with Gasteiger partial charge in [-0.2, -0.15) is 61.4 Å². The van der Waals surface area contributed by atoms with E-state index >= 15 is 0 Å². The zero-order valence-electron chi connectivity index (χ0n) is 82.4. The molecule has 0 aromatic heterocycles. The van der Waals surface area contributed by atoms with Gasteiger partial charge in [-0.15, -0.1) is 0 Å². The van der Waals surface area contributed by atoms with Crippen molar-refractivity contribution in [2.45, 2.75) is 119 Å². The highest BCUT2D eigenvalue weighted by atomic mass is 16.5. The quantitative estimate of drug-likeness (QED) is 0.0196. The zero-order chi connectivity index (χ0) is 98.9. The highest BCUT2D eigenvalue weighted by molar-refractivity contribution is 6.27. The molecule has 24 nitrogen and oxygen atoms in total. The fourth-order valence-electron chi connectivity index (χ4n) is 16.2. The molecule has 0 amide bonds. The number of fused-ring (bicyclic) bond motifs is 6. The van der Waals surface area contributed by atoms with E-state index in [4.69, 9.17) is 56.8 Å². The number of hydrogen-bond acceptors (Lipinski definition) is 24. The molecule has 0 aliphatic heterocycles. The van der Waals surface area contributed by atoms with Crippen LogP contribution in [-0.4, -0.2) is 79.3 Å². The van der Waals surface area contributed by atoms with Gasteiger partial charge in [-0.3, -0.25) is 0 Å². The lowest BCUT2D eigenvalue weighted by atomic mass is 9.93. The molecule has 16 aromatic carbocycles. The smallest absolute Gasteiger partial charge is 0.161 e. The first-order valence-corrected chi connectivity index (χ1v) is 49.7. The Labute approximate surface area is 841 Å². The first-order valence-electron chi connectivity index (χ1n) is 49.7. The van der Waals surface area contributed by atoms with Gasteiger partial charge in [0.05, 0.1) is 148 Å². The summed E-state index contributed by atoms with van der Waals surface area (Å²) in [5, 5.41) is 59.8. The van der Waals surface area contributed by atoms with E-state index in [-0.39, 0.29) is 0 Å². The van der Waals surface area contributed by atoms with Gasteiger partial charge in [-0.25, -0.2) is 0 Å². The zero-order valence-corrected chi connectivity index (χ0v) is 82.4. The Morgan fingerprint density at radius 1 is 0.139 bits per heavy atom. The summed E-state index contributed by atoms with van der Waals surface area (Å²) in [7, 11) is 0. The van der Waals surface area contributed by atoms with E-state index in [9.17, 15) is 0 Å². The molecule has 24 heteroatoms. The Morgan fingerprint density at radius 3 is 0.361 bits per heavy atom. The largest absolute Gasteiger partial charge is 0.494 e. The Morgan fingerprint density at radius 2 is 0.250 bits per heavy atom. The lowest BCUT2D eigenvalue weighted by molar-refractivity contribution is 0.263. The highest BCUT2D eigenvalue weighted by Gasteiger charge is 2.23. The van der Waals surface area contributed by atoms with Crippen molar-refractivity contribution in [3.63, 3.8) is 0 Å². The summed E-state index contributed by atoms with van der Waals surface area (Å²) >= 11 is 0. The molecule has 732 valence electrons. The van der Waals surface area contributed by atoms with E-state index in [1.165, 1.54) is 0 Å². The van der Waals surface area contributed by atoms with Crippen LogP contribution < -0.4 is 56.8 Å². The Bertz CT molecular complexity index is 5830. The average Bonchev–Trinajstić information content (AvgIpc) is 0.722. The topological polar surface area (TPSA) is 259 Å². The summed E-state index contributed by atoms with van der Waals surface area (Å²) in [4.78, 5) is 0. The Hall–Kier alpha value is -16.5. The van der Waals surface area contributed by atoms with Crippen LogP contribution in [0.5, 0.6) is 69.0 Å². The first-order chi connectivity index (χ1) is 71.0. The standard InChI is InChI=1S/C120H120N12O12/c1-7-133-103-61-49-97(50-62-103)127-121-91-37-25-85(26-38-91)19-13-73-139-115-79-109-110(80-116(115)140-74-14-20-86-27-39-92(40-28-86)122-128-98-51-63-104(64-52-98)134-8-2)112-82-118(142-76-16-22-88-31-43-94(44-32-88)124-130-100-55-67-106(68-56-100)136-10-4)120(144-78-18-24-90-35-47-96(48-36-90)126-132-102-59-71-108(72-60-102)138-12-6)84-114(112)113-83-119(143-77-17-23-89-33-45-95(46-34-89)125-131-101-57-69-107(70-58-101)137-11-5)117(81-111(109)113)141-75-15-21-87-29-41-93(42-30-87)123-129-99-53-65-105(66-54-99)135-9-3/h25-72,79-84H,7-24,73-78H2,1-6H3. The van der Waals surface area contributed by atoms with Crippen LogP contribution in [-0.2, 0) is 38.5 Å². The SMILES string of the molecule is CCOc1ccc(N=Nc2ccc(CCCOc3cc4c5cc(OCCCc6ccc(N=Nc7ccc(OCC)cc7)cc6)c(OCCCc6ccc(N=Nc7ccc(OCC)cc7)cc6)cc5c5cc(OCCCc6ccc(N=Nc7ccc(OCC)cc7)cc6)c(OCCCc6ccc(N=Nc7ccc(OCC)cc7)cc6)cc5c4cc3OCCCc3ccc(N=Nc4ccc(OCC)cc4)cc3)cc2)cc1. The van der Waals surface area contributed by atoms with Crippen molar-refractivity contribution >= 4 is 101 Å². The number of nitrogens with zero attached hydrogens (tertiary/aromatic N) is 12. The lowest BCUT2D eigenvalue weighted by Crippen LogP contribution is -2.06. The van der Waals surface area contributed by atoms with Gasteiger partial charge < -0.3 is 56.8 Å². The van der Waals surface area contributed by atoms with Gasteiger partial charge in [0.1, 0.15) is 34.5 Å². The minimum Gasteiger partial charge on any atom is -0.494 e. The van der Waals surface area contributed by atoms with Gasteiger partial charge >= 0.3 is 0 Å². The Kier molecular flexibility index (Phi) is 37.1. The molecule has 0 bridgehead atoms. The molecule has 0 unspecified atom stereocenters. The normalized spacial score (nSPS) is 11.6. The second-order valence-electron chi connectivity index (χ2n) is 34.0. The predicted octanol–water partition coefficient (Wildman–Crippen LogP) is 34.1. The monoisotopic (exact) mass is 1920 g/mol. The number of aryl methyl sites for hydroxylation is 6. The maximum Gasteiger partial charge on any atom is 0.161 e. The van der Waals surface area contributed by atoms with Gasteiger partial charge in [0.15, 0.2) is 34.5 Å². The van der Waals surface area contributed by atoms with Crippen molar-refractivity contribution in [3.05, 3.63) is 361 Å². The van der Waals surface area contributed by atoms with E-state index < -0.39 is 0 Å². The van der Waals surface area contributed by atoms with Crippen LogP contribution in [0.4, 0.5) is 68.2 Å². The van der Waals surface area contributed by atoms with Crippen LogP contribution in [0.15, 0.2) is 389 Å². The molecule has 16 aromatic rings. The molecule has 0 radical (unpaired) electrons. The molecule has 0 aliphatic rings. The van der Waals surface area contributed by atoms with Gasteiger partial charge in [0, 0.05) is 0 Å². The molecular formula is C120H120N12O12. The third kappa shape index (κ3) is 30.3. The summed E-state index contributed by atoms with van der Waals surface area (Å²) in [6.45, 7) is 17.5. The maximum absolute atomic E-state index is 7.11. The van der Waals surface area contributed by atoms with Gasteiger partial charge in [-0.05, 0) is 439 Å². The van der Waals surface area contributed by atoms with Gasteiger partial charge in [-0.1, -0.05) is 72.8 Å². The number of benzene rings is 16. The van der Waals surface area contributed by atoms with Crippen molar-refractivity contribution in [1.29, 1.82) is 0 Å². The van der Waals surface area contributed by atoms with E-state index in [1.807, 2.05) is 260 Å². The average molecular weight is 1920 g/mol. The van der Waals surface area contributed by atoms with E-state index in [1.54, 1.807) is 0 Å². The number of rotatable bonds is 54. The summed E-state index contributed by atoms with van der Waals surface area (Å²) < 4.78 is 76.6. The molecule has 16 rings (SSSR count). The minimum absolute atomic E-state index is 0.374. The first kappa shape index (κ1) is 100. The van der Waals surface area contributed by atoms with Crippen molar-refractivity contribution in [2.24, 2.45) is 61.4 Å². The molecule has 0 fully saturated rings. The van der Waals surface area contributed by atoms with E-state index in [0.717, 1.165) is 207 Å². The maximum atomic E-state index is 7.11. The highest BCUT2D eigenvalue weighted by Crippen LogP contribution is 2.48. The van der Waals surface area contributed by atoms with Crippen LogP contribution in [0.3, 0.4) is 0 Å². The minimum atomic E-state index is 0.374. The third-order valence-corrected chi connectivity index (χ3v) is 23.5. The summed E-state index contributed by atoms with van der Waals surface area (Å²) in [6.07, 6.45) is 8.56. The molecule has 0 N–H and O–H groups in total. The molecule has 0 saturated heterocycles. The summed E-state index contributed by atoms with van der Waals surface area (Å²) in [6, 6.07) is 108. The second kappa shape index (κ2) is 53.2. The fraction of sp³-hybridized carbons (Fsp3) is 0.250. The molecule has 144 heavy (non-hydrogen) atoms. The molecule has 0 saturated carbocycles. The van der Waals surface area contributed by atoms with Crippen molar-refractivity contribution in [3.8, 4) is 69.0 Å². The van der Waals surface area contributed by atoms with Crippen molar-refractivity contribution in [1.82, 2.24) is 0 Å². The van der Waals surface area contributed by atoms with Crippen molar-refractivity contribution in [2.75, 3.05) is 79.3 Å². The van der Waals surface area contributed by atoms with E-state index in [2.05, 4.69) is 171 Å². The van der Waals surface area contributed by atoms with Crippen LogP contribution in [0.25, 0.3) is 32.3 Å². The Balaban J connectivity index is 0.742. The third-order valence-electron chi connectivity index (χ3n) is 23.5.